The van der Waals surface area contributed by atoms with Crippen molar-refractivity contribution < 1.29 is 13.3 Å². The molecule has 0 radical (unpaired) electrons. The number of rotatable bonds is 3. The molecule has 0 aromatic heterocycles. The summed E-state index contributed by atoms with van der Waals surface area (Å²) in [7, 11) is 0. The summed E-state index contributed by atoms with van der Waals surface area (Å²) in [4.78, 5) is 0. The first-order chi connectivity index (χ1) is 5.56. The Bertz CT molecular complexity index is 172. The SMILES string of the molecule is [2H]C([2H])([2H])C([2H])([2H])C([2H])(O)CCC. The molecule has 0 aliphatic heterocycles. The molecule has 0 aromatic rings. The zero-order valence-corrected chi connectivity index (χ0v) is 4.36. The van der Waals surface area contributed by atoms with Crippen molar-refractivity contribution in [1.29, 1.82) is 0 Å². The number of hydrogen-bond donors (Lipinski definition) is 1. The number of aliphatic hydroxyl groups is 1. The van der Waals surface area contributed by atoms with Gasteiger partial charge in [-0.25, -0.2) is 0 Å². The minimum absolute atomic E-state index is 0.196. The maximum Gasteiger partial charge on any atom is 0.0600 e. The van der Waals surface area contributed by atoms with E-state index >= 15 is 0 Å². The van der Waals surface area contributed by atoms with Gasteiger partial charge in [0.2, 0.25) is 0 Å². The first-order valence-electron chi connectivity index (χ1n) is 5.28. The molecule has 1 heteroatoms. The monoisotopic (exact) mass is 108 g/mol. The van der Waals surface area contributed by atoms with Gasteiger partial charge in [0.25, 0.3) is 0 Å². The molecule has 0 bridgehead atoms. The second kappa shape index (κ2) is 4.13. The second-order valence-corrected chi connectivity index (χ2v) is 1.32. The summed E-state index contributed by atoms with van der Waals surface area (Å²) in [6.45, 7) is -1.33. The van der Waals surface area contributed by atoms with Gasteiger partial charge in [-0.3, -0.25) is 0 Å². The third-order valence-electron chi connectivity index (χ3n) is 0.631. The third-order valence-corrected chi connectivity index (χ3v) is 0.631. The minimum atomic E-state index is -2.97. The van der Waals surface area contributed by atoms with E-state index in [2.05, 4.69) is 0 Å². The molecule has 0 spiro atoms. The first kappa shape index (κ1) is 1.73. The van der Waals surface area contributed by atoms with Gasteiger partial charge in [-0.1, -0.05) is 20.2 Å². The van der Waals surface area contributed by atoms with Gasteiger partial charge >= 0.3 is 0 Å². The largest absolute Gasteiger partial charge is 0.393 e. The smallest absolute Gasteiger partial charge is 0.0600 e. The predicted molar refractivity (Wildman–Crippen MR) is 31.2 cm³/mol. The highest BCUT2D eigenvalue weighted by atomic mass is 16.3. The van der Waals surface area contributed by atoms with Crippen molar-refractivity contribution in [3.8, 4) is 0 Å². The molecule has 0 aliphatic rings. The standard InChI is InChI=1S/C6H14O/c1-3-5-6(7)4-2/h6-7H,3-5H2,1-2H3/i2D3,4D2,6D. The highest BCUT2D eigenvalue weighted by Crippen LogP contribution is 1.98. The van der Waals surface area contributed by atoms with E-state index in [9.17, 15) is 5.11 Å². The van der Waals surface area contributed by atoms with Crippen LogP contribution in [-0.2, 0) is 0 Å². The molecule has 44 valence electrons. The predicted octanol–water partition coefficient (Wildman–Crippen LogP) is 1.56. The number of hydrogen-bond acceptors (Lipinski definition) is 1. The molecule has 0 fully saturated rings. The van der Waals surface area contributed by atoms with E-state index in [0.29, 0.717) is 6.42 Å². The lowest BCUT2D eigenvalue weighted by molar-refractivity contribution is 0.159. The van der Waals surface area contributed by atoms with Crippen LogP contribution in [0.2, 0.25) is 0 Å². The van der Waals surface area contributed by atoms with Crippen molar-refractivity contribution in [3.05, 3.63) is 0 Å². The second-order valence-electron chi connectivity index (χ2n) is 1.32. The minimum Gasteiger partial charge on any atom is -0.393 e. The summed E-state index contributed by atoms with van der Waals surface area (Å²) in [6, 6.07) is 0. The van der Waals surface area contributed by atoms with Gasteiger partial charge in [-0.2, -0.15) is 0 Å². The molecular weight excluding hydrogens is 88.1 g/mol. The molecule has 1 unspecified atom stereocenters. The fourth-order valence-electron chi connectivity index (χ4n) is 0.299. The Hall–Kier alpha value is -0.0400. The fourth-order valence-corrected chi connectivity index (χ4v) is 0.299. The molecule has 0 amide bonds. The summed E-state index contributed by atoms with van der Waals surface area (Å²) in [6.07, 6.45) is -5.28. The Balaban J connectivity index is 4.81. The maximum absolute atomic E-state index is 9.31. The molecule has 1 nitrogen and oxygen atoms in total. The zero-order chi connectivity index (χ0) is 10.9. The van der Waals surface area contributed by atoms with Gasteiger partial charge in [0.1, 0.15) is 0 Å². The Morgan fingerprint density at radius 2 is 2.86 bits per heavy atom. The molecule has 0 aliphatic carbocycles. The molecule has 1 N–H and O–H groups in total. The van der Waals surface area contributed by atoms with Crippen molar-refractivity contribution in [2.75, 3.05) is 0 Å². The molecule has 7 heavy (non-hydrogen) atoms. The van der Waals surface area contributed by atoms with E-state index in [1.807, 2.05) is 0 Å². The van der Waals surface area contributed by atoms with Gasteiger partial charge < -0.3 is 5.11 Å². The van der Waals surface area contributed by atoms with E-state index in [1.165, 1.54) is 0 Å². The van der Waals surface area contributed by atoms with Gasteiger partial charge in [-0.05, 0) is 12.8 Å². The highest BCUT2D eigenvalue weighted by Gasteiger charge is 1.94. The van der Waals surface area contributed by atoms with Crippen LogP contribution >= 0.6 is 0 Å². The van der Waals surface area contributed by atoms with Gasteiger partial charge in [0, 0.05) is 6.85 Å². The van der Waals surface area contributed by atoms with Gasteiger partial charge in [0.05, 0.1) is 7.45 Å². The maximum atomic E-state index is 9.31. The van der Waals surface area contributed by atoms with Crippen LogP contribution in [0.15, 0.2) is 0 Å². The highest BCUT2D eigenvalue weighted by molar-refractivity contribution is 4.47. The van der Waals surface area contributed by atoms with E-state index in [0.717, 1.165) is 0 Å². The topological polar surface area (TPSA) is 20.2 Å². The fraction of sp³-hybridized carbons (Fsp3) is 1.00. The molecule has 0 heterocycles. The van der Waals surface area contributed by atoms with Crippen LogP contribution in [0.5, 0.6) is 0 Å². The normalized spacial score (nSPS) is 35.1. The Kier molecular flexibility index (Phi) is 1.02. The third kappa shape index (κ3) is 3.80. The lowest BCUT2D eigenvalue weighted by Gasteiger charge is -2.01. The van der Waals surface area contributed by atoms with Crippen molar-refractivity contribution in [2.45, 2.75) is 39.1 Å². The van der Waals surface area contributed by atoms with Crippen LogP contribution in [0.3, 0.4) is 0 Å². The van der Waals surface area contributed by atoms with Gasteiger partial charge in [0.15, 0.2) is 0 Å². The average molecular weight is 108 g/mol. The van der Waals surface area contributed by atoms with Crippen LogP contribution in [0.25, 0.3) is 0 Å². The Morgan fingerprint density at radius 1 is 2.14 bits per heavy atom. The van der Waals surface area contributed by atoms with Crippen LogP contribution in [0.1, 0.15) is 41.2 Å². The van der Waals surface area contributed by atoms with E-state index in [-0.39, 0.29) is 6.42 Å². The summed E-state index contributed by atoms with van der Waals surface area (Å²) in [5.41, 5.74) is 0. The molecule has 0 saturated heterocycles. The molecule has 0 saturated carbocycles. The average Bonchev–Trinajstić information content (AvgIpc) is 1.84. The van der Waals surface area contributed by atoms with Gasteiger partial charge in [-0.15, -0.1) is 0 Å². The van der Waals surface area contributed by atoms with Crippen molar-refractivity contribution in [3.63, 3.8) is 0 Å². The first-order valence-corrected chi connectivity index (χ1v) is 2.28. The molecule has 0 rings (SSSR count). The van der Waals surface area contributed by atoms with Crippen molar-refractivity contribution in [2.24, 2.45) is 0 Å². The van der Waals surface area contributed by atoms with Crippen LogP contribution in [0, 0.1) is 0 Å². The lowest BCUT2D eigenvalue weighted by atomic mass is 10.2. The molecule has 0 aromatic carbocycles. The quantitative estimate of drug-likeness (QED) is 0.581. The Labute approximate surface area is 53.8 Å². The summed E-state index contributed by atoms with van der Waals surface area (Å²) in [5.74, 6) is 0. The Morgan fingerprint density at radius 3 is 3.29 bits per heavy atom. The summed E-state index contributed by atoms with van der Waals surface area (Å²) in [5, 5.41) is 9.31. The summed E-state index contributed by atoms with van der Waals surface area (Å²) >= 11 is 0. The van der Waals surface area contributed by atoms with Crippen LogP contribution in [-0.4, -0.2) is 11.2 Å². The van der Waals surface area contributed by atoms with Crippen LogP contribution in [0.4, 0.5) is 0 Å². The van der Waals surface area contributed by atoms with E-state index < -0.39 is 19.3 Å². The molecular formula is C6H14O. The summed E-state index contributed by atoms with van der Waals surface area (Å²) < 4.78 is 42.0. The lowest BCUT2D eigenvalue weighted by Crippen LogP contribution is -2.01. The molecule has 1 atom stereocenters. The van der Waals surface area contributed by atoms with E-state index in [4.69, 9.17) is 8.22 Å². The van der Waals surface area contributed by atoms with Crippen molar-refractivity contribution >= 4 is 0 Å². The zero-order valence-electron chi connectivity index (χ0n) is 10.4. The van der Waals surface area contributed by atoms with Crippen molar-refractivity contribution in [1.82, 2.24) is 0 Å². The van der Waals surface area contributed by atoms with E-state index in [1.54, 1.807) is 6.92 Å². The van der Waals surface area contributed by atoms with Crippen LogP contribution < -0.4 is 0 Å².